The molecule has 1 fully saturated rings. The molecular weight excluding hydrogens is 409 g/mol. The smallest absolute Gasteiger partial charge is 0.166 e. The second kappa shape index (κ2) is 10.7. The molecule has 0 aromatic heterocycles. The van der Waals surface area contributed by atoms with Crippen molar-refractivity contribution in [1.29, 1.82) is 0 Å². The van der Waals surface area contributed by atoms with Gasteiger partial charge >= 0.3 is 0 Å². The van der Waals surface area contributed by atoms with Gasteiger partial charge in [0.15, 0.2) is 11.6 Å². The summed E-state index contributed by atoms with van der Waals surface area (Å²) in [6.07, 6.45) is 6.06. The van der Waals surface area contributed by atoms with Crippen LogP contribution in [0.3, 0.4) is 0 Å². The molecule has 3 rings (SSSR count). The van der Waals surface area contributed by atoms with Gasteiger partial charge in [-0.3, -0.25) is 0 Å². The Kier molecular flexibility index (Phi) is 8.00. The number of aryl methyl sites for hydroxylation is 1. The second-order valence-electron chi connectivity index (χ2n) is 8.72. The molecular formula is C28H31F3O. The average Bonchev–Trinajstić information content (AvgIpc) is 2.80. The van der Waals surface area contributed by atoms with Crippen molar-refractivity contribution in [3.8, 4) is 11.1 Å². The van der Waals surface area contributed by atoms with E-state index in [9.17, 15) is 13.2 Å². The van der Waals surface area contributed by atoms with Crippen LogP contribution in [0.2, 0.25) is 0 Å². The van der Waals surface area contributed by atoms with E-state index in [-0.39, 0.29) is 11.7 Å². The lowest BCUT2D eigenvalue weighted by molar-refractivity contribution is 0.303. The first-order valence-corrected chi connectivity index (χ1v) is 11.1. The van der Waals surface area contributed by atoms with Gasteiger partial charge in [-0.2, -0.15) is 0 Å². The second-order valence-corrected chi connectivity index (χ2v) is 8.72. The van der Waals surface area contributed by atoms with Gasteiger partial charge in [0.1, 0.15) is 11.6 Å². The summed E-state index contributed by atoms with van der Waals surface area (Å²) in [6.45, 7) is 9.36. The fourth-order valence-electron chi connectivity index (χ4n) is 4.40. The number of methoxy groups -OCH3 is 1. The summed E-state index contributed by atoms with van der Waals surface area (Å²) in [4.78, 5) is 0. The molecule has 1 aliphatic rings. The number of benzene rings is 2. The van der Waals surface area contributed by atoms with E-state index in [1.807, 2.05) is 31.2 Å². The van der Waals surface area contributed by atoms with Gasteiger partial charge in [-0.05, 0) is 74.0 Å². The van der Waals surface area contributed by atoms with Gasteiger partial charge in [0, 0.05) is 11.6 Å². The first kappa shape index (κ1) is 23.9. The van der Waals surface area contributed by atoms with Crippen LogP contribution in [0.1, 0.15) is 55.6 Å². The minimum atomic E-state index is -0.773. The van der Waals surface area contributed by atoms with Crippen molar-refractivity contribution >= 4 is 0 Å². The van der Waals surface area contributed by atoms with Gasteiger partial charge in [-0.15, -0.1) is 0 Å². The van der Waals surface area contributed by atoms with Crippen LogP contribution in [-0.4, -0.2) is 7.11 Å². The highest BCUT2D eigenvalue weighted by Gasteiger charge is 2.26. The van der Waals surface area contributed by atoms with Crippen molar-refractivity contribution < 1.29 is 17.9 Å². The van der Waals surface area contributed by atoms with E-state index in [1.165, 1.54) is 13.2 Å². The summed E-state index contributed by atoms with van der Waals surface area (Å²) in [7, 11) is 1.44. The monoisotopic (exact) mass is 440 g/mol. The lowest BCUT2D eigenvalue weighted by Crippen LogP contribution is -2.15. The molecule has 0 aliphatic heterocycles. The maximum absolute atomic E-state index is 14.9. The molecule has 2 aromatic rings. The minimum absolute atomic E-state index is 0.0117. The van der Waals surface area contributed by atoms with Crippen LogP contribution in [-0.2, 0) is 4.74 Å². The molecule has 0 heterocycles. The summed E-state index contributed by atoms with van der Waals surface area (Å²) in [5.41, 5.74) is 2.95. The standard InChI is InChI=1S/C28H31F3O/c1-18-5-11-22(12-6-18)24-15-16-25(28(31)27(24)30)23-13-9-21(10-14-23)8-7-19(2)26(29)17-20(3)32-4/h5-6,11-12,15-17,21,23H,2-3,7-10,13-14H2,1,4H3/b26-17+. The number of rotatable bonds is 8. The molecule has 2 aromatic carbocycles. The predicted molar refractivity (Wildman–Crippen MR) is 125 cm³/mol. The molecule has 0 amide bonds. The number of hydrogen-bond donors (Lipinski definition) is 0. The molecule has 1 saturated carbocycles. The van der Waals surface area contributed by atoms with Crippen LogP contribution >= 0.6 is 0 Å². The summed E-state index contributed by atoms with van der Waals surface area (Å²) in [5, 5.41) is 0. The third-order valence-electron chi connectivity index (χ3n) is 6.50. The van der Waals surface area contributed by atoms with Gasteiger partial charge in [-0.1, -0.05) is 55.1 Å². The molecule has 1 nitrogen and oxygen atoms in total. The third kappa shape index (κ3) is 5.73. The zero-order valence-corrected chi connectivity index (χ0v) is 18.9. The van der Waals surface area contributed by atoms with Crippen LogP contribution in [0.15, 0.2) is 72.8 Å². The van der Waals surface area contributed by atoms with Gasteiger partial charge < -0.3 is 4.74 Å². The summed E-state index contributed by atoms with van der Waals surface area (Å²) >= 11 is 0. The Morgan fingerprint density at radius 2 is 1.66 bits per heavy atom. The van der Waals surface area contributed by atoms with Crippen LogP contribution in [0.5, 0.6) is 0 Å². The highest BCUT2D eigenvalue weighted by atomic mass is 19.2. The maximum atomic E-state index is 14.9. The molecule has 0 N–H and O–H groups in total. The molecule has 0 unspecified atom stereocenters. The Hall–Kier alpha value is -2.75. The van der Waals surface area contributed by atoms with E-state index in [4.69, 9.17) is 4.74 Å². The summed E-state index contributed by atoms with van der Waals surface area (Å²) in [6, 6.07) is 10.9. The molecule has 0 spiro atoms. The van der Waals surface area contributed by atoms with E-state index < -0.39 is 17.5 Å². The summed E-state index contributed by atoms with van der Waals surface area (Å²) in [5.74, 6) is -1.21. The number of ether oxygens (including phenoxy) is 1. The van der Waals surface area contributed by atoms with E-state index in [1.54, 1.807) is 12.1 Å². The number of hydrogen-bond acceptors (Lipinski definition) is 1. The van der Waals surface area contributed by atoms with E-state index in [0.717, 1.165) is 37.7 Å². The Bertz CT molecular complexity index is 996. The molecule has 170 valence electrons. The van der Waals surface area contributed by atoms with Crippen molar-refractivity contribution in [1.82, 2.24) is 0 Å². The van der Waals surface area contributed by atoms with Crippen molar-refractivity contribution in [2.75, 3.05) is 7.11 Å². The van der Waals surface area contributed by atoms with Crippen molar-refractivity contribution in [3.05, 3.63) is 95.6 Å². The van der Waals surface area contributed by atoms with Crippen molar-refractivity contribution in [3.63, 3.8) is 0 Å². The highest BCUT2D eigenvalue weighted by molar-refractivity contribution is 5.65. The van der Waals surface area contributed by atoms with Crippen LogP contribution in [0.25, 0.3) is 11.1 Å². The average molecular weight is 441 g/mol. The topological polar surface area (TPSA) is 9.23 Å². The third-order valence-corrected chi connectivity index (χ3v) is 6.50. The Labute approximate surface area is 189 Å². The summed E-state index contributed by atoms with van der Waals surface area (Å²) < 4.78 is 48.7. The van der Waals surface area contributed by atoms with Crippen LogP contribution < -0.4 is 0 Å². The molecule has 0 bridgehead atoms. The molecule has 32 heavy (non-hydrogen) atoms. The normalized spacial score (nSPS) is 19.0. The predicted octanol–water partition coefficient (Wildman–Crippen LogP) is 8.56. The lowest BCUT2D eigenvalue weighted by Gasteiger charge is -2.29. The Morgan fingerprint density at radius 1 is 1.00 bits per heavy atom. The fourth-order valence-corrected chi connectivity index (χ4v) is 4.40. The van der Waals surface area contributed by atoms with E-state index >= 15 is 0 Å². The number of allylic oxidation sites excluding steroid dienone is 3. The molecule has 0 saturated heterocycles. The van der Waals surface area contributed by atoms with Crippen LogP contribution in [0.4, 0.5) is 13.2 Å². The molecule has 4 heteroatoms. The highest BCUT2D eigenvalue weighted by Crippen LogP contribution is 2.40. The van der Waals surface area contributed by atoms with Gasteiger partial charge in [0.05, 0.1) is 7.11 Å². The van der Waals surface area contributed by atoms with Crippen molar-refractivity contribution in [2.24, 2.45) is 5.92 Å². The van der Waals surface area contributed by atoms with Crippen LogP contribution in [0, 0.1) is 24.5 Å². The Morgan fingerprint density at radius 3 is 2.28 bits per heavy atom. The quantitative estimate of drug-likeness (QED) is 0.295. The van der Waals surface area contributed by atoms with Gasteiger partial charge in [-0.25, -0.2) is 13.2 Å². The lowest BCUT2D eigenvalue weighted by atomic mass is 9.76. The largest absolute Gasteiger partial charge is 0.497 e. The zero-order valence-electron chi connectivity index (χ0n) is 18.9. The van der Waals surface area contributed by atoms with Gasteiger partial charge in [0.25, 0.3) is 0 Å². The molecule has 0 atom stereocenters. The Balaban J connectivity index is 1.59. The number of halogens is 3. The van der Waals surface area contributed by atoms with Gasteiger partial charge in [0.2, 0.25) is 0 Å². The maximum Gasteiger partial charge on any atom is 0.166 e. The zero-order chi connectivity index (χ0) is 23.3. The first-order valence-electron chi connectivity index (χ1n) is 11.1. The molecule has 1 aliphatic carbocycles. The fraction of sp³-hybridized carbons (Fsp3) is 0.357. The van der Waals surface area contributed by atoms with E-state index in [0.29, 0.717) is 34.6 Å². The minimum Gasteiger partial charge on any atom is -0.497 e. The van der Waals surface area contributed by atoms with Crippen molar-refractivity contribution in [2.45, 2.75) is 51.4 Å². The SMILES string of the molecule is C=C(/C=C(/F)C(=C)CCC1CCC(c2ccc(-c3ccc(C)cc3)c(F)c2F)CC1)OC. The van der Waals surface area contributed by atoms with E-state index in [2.05, 4.69) is 13.2 Å². The molecule has 0 radical (unpaired) electrons. The first-order chi connectivity index (χ1) is 15.3.